The van der Waals surface area contributed by atoms with Crippen molar-refractivity contribution in [3.8, 4) is 44.9 Å². The number of pyridine rings is 1. The Kier molecular flexibility index (Phi) is 6.94. The molecule has 3 nitrogen and oxygen atoms in total. The molecular formula is C49H35N3. The number of fused-ring (bicyclic) bond motifs is 6. The molecule has 0 atom stereocenters. The molecule has 0 saturated heterocycles. The number of rotatable bonds is 5. The zero-order chi connectivity index (χ0) is 34.8. The summed E-state index contributed by atoms with van der Waals surface area (Å²) in [4.78, 5) is 4.89. The van der Waals surface area contributed by atoms with Gasteiger partial charge in [0.15, 0.2) is 0 Å². The van der Waals surface area contributed by atoms with Gasteiger partial charge in [0.25, 0.3) is 0 Å². The monoisotopic (exact) mass is 665 g/mol. The highest BCUT2D eigenvalue weighted by molar-refractivity contribution is 6.10. The zero-order valence-corrected chi connectivity index (χ0v) is 29.1. The number of nitrogens with zero attached hydrogens (tertiary/aromatic N) is 3. The van der Waals surface area contributed by atoms with Crippen molar-refractivity contribution >= 4 is 43.6 Å². The van der Waals surface area contributed by atoms with E-state index in [1.807, 2.05) is 6.20 Å². The van der Waals surface area contributed by atoms with E-state index in [-0.39, 0.29) is 0 Å². The van der Waals surface area contributed by atoms with Gasteiger partial charge in [-0.15, -0.1) is 0 Å². The summed E-state index contributed by atoms with van der Waals surface area (Å²) >= 11 is 0. The number of aryl methyl sites for hydroxylation is 1. The van der Waals surface area contributed by atoms with Crippen LogP contribution in [0.15, 0.2) is 176 Å². The molecule has 0 amide bonds. The van der Waals surface area contributed by atoms with Gasteiger partial charge in [0.05, 0.1) is 27.8 Å². The van der Waals surface area contributed by atoms with Crippen LogP contribution in [0.3, 0.4) is 0 Å². The summed E-state index contributed by atoms with van der Waals surface area (Å²) in [6, 6.07) is 61.4. The summed E-state index contributed by atoms with van der Waals surface area (Å²) in [7, 11) is 0. The number of hydrogen-bond acceptors (Lipinski definition) is 1. The van der Waals surface area contributed by atoms with E-state index in [2.05, 4.69) is 193 Å². The first-order valence-corrected chi connectivity index (χ1v) is 17.9. The van der Waals surface area contributed by atoms with Gasteiger partial charge in [-0.1, -0.05) is 109 Å². The third-order valence-corrected chi connectivity index (χ3v) is 10.7. The van der Waals surface area contributed by atoms with Crippen LogP contribution in [0.2, 0.25) is 0 Å². The first-order valence-electron chi connectivity index (χ1n) is 17.9. The highest BCUT2D eigenvalue weighted by Crippen LogP contribution is 2.38. The molecule has 0 aliphatic rings. The molecule has 7 aromatic carbocycles. The smallest absolute Gasteiger partial charge is 0.0708 e. The van der Waals surface area contributed by atoms with Gasteiger partial charge in [0, 0.05) is 44.7 Å². The summed E-state index contributed by atoms with van der Waals surface area (Å²) in [5.41, 5.74) is 16.5. The second kappa shape index (κ2) is 12.0. The molecule has 3 aromatic heterocycles. The lowest BCUT2D eigenvalue weighted by molar-refractivity contribution is 1.15. The molecule has 0 unspecified atom stereocenters. The van der Waals surface area contributed by atoms with Crippen molar-refractivity contribution in [2.75, 3.05) is 0 Å². The first-order chi connectivity index (χ1) is 25.6. The van der Waals surface area contributed by atoms with Gasteiger partial charge in [-0.2, -0.15) is 0 Å². The van der Waals surface area contributed by atoms with Crippen LogP contribution in [-0.4, -0.2) is 14.1 Å². The van der Waals surface area contributed by atoms with E-state index in [4.69, 9.17) is 4.98 Å². The highest BCUT2D eigenvalue weighted by Gasteiger charge is 2.17. The molecule has 0 radical (unpaired) electrons. The summed E-state index contributed by atoms with van der Waals surface area (Å²) in [6.45, 7) is 4.44. The predicted molar refractivity (Wildman–Crippen MR) is 219 cm³/mol. The average Bonchev–Trinajstić information content (AvgIpc) is 3.72. The molecule has 0 fully saturated rings. The second-order valence-corrected chi connectivity index (χ2v) is 13.7. The normalized spacial score (nSPS) is 11.7. The van der Waals surface area contributed by atoms with Gasteiger partial charge in [-0.25, -0.2) is 0 Å². The van der Waals surface area contributed by atoms with Crippen LogP contribution in [0.1, 0.15) is 11.1 Å². The number of hydrogen-bond donors (Lipinski definition) is 0. The Morgan fingerprint density at radius 1 is 0.404 bits per heavy atom. The Bertz CT molecular complexity index is 2840. The average molecular weight is 666 g/mol. The van der Waals surface area contributed by atoms with Gasteiger partial charge in [0.2, 0.25) is 0 Å². The summed E-state index contributed by atoms with van der Waals surface area (Å²) in [6.07, 6.45) is 1.94. The third-order valence-electron chi connectivity index (χ3n) is 10.7. The van der Waals surface area contributed by atoms with Crippen molar-refractivity contribution in [3.63, 3.8) is 0 Å². The molecule has 10 rings (SSSR count). The predicted octanol–water partition coefficient (Wildman–Crippen LogP) is 12.9. The standard InChI is InChI=1S/C49H35N3/c1-32-25-26-37(51-46-20-7-3-15-39(46)40-16-4-8-21-47(40)51)31-43(32)35-27-28-50-44(30-35)36-14-11-13-34(29-36)38-19-12-24-45(33(38)2)52-48-22-9-5-17-41(48)42-18-6-10-23-49(42)52/h3-31H,1-2H3. The lowest BCUT2D eigenvalue weighted by Crippen LogP contribution is -1.98. The van der Waals surface area contributed by atoms with Crippen LogP contribution in [0.4, 0.5) is 0 Å². The van der Waals surface area contributed by atoms with Crippen molar-refractivity contribution in [2.45, 2.75) is 13.8 Å². The van der Waals surface area contributed by atoms with Crippen molar-refractivity contribution in [1.29, 1.82) is 0 Å². The Balaban J connectivity index is 1.06. The van der Waals surface area contributed by atoms with Crippen LogP contribution in [0, 0.1) is 13.8 Å². The van der Waals surface area contributed by atoms with Gasteiger partial charge < -0.3 is 9.13 Å². The van der Waals surface area contributed by atoms with Crippen LogP contribution >= 0.6 is 0 Å². The minimum absolute atomic E-state index is 0.956. The maximum absolute atomic E-state index is 4.89. The maximum Gasteiger partial charge on any atom is 0.0708 e. The minimum Gasteiger partial charge on any atom is -0.309 e. The van der Waals surface area contributed by atoms with Crippen molar-refractivity contribution in [3.05, 3.63) is 187 Å². The van der Waals surface area contributed by atoms with Gasteiger partial charge in [-0.3, -0.25) is 4.98 Å². The molecule has 0 aliphatic heterocycles. The second-order valence-electron chi connectivity index (χ2n) is 13.7. The van der Waals surface area contributed by atoms with Crippen LogP contribution in [-0.2, 0) is 0 Å². The SMILES string of the molecule is Cc1ccc(-n2c3ccccc3c3ccccc32)cc1-c1ccnc(-c2cccc(-c3cccc(-n4c5ccccc5c5ccccc54)c3C)c2)c1. The van der Waals surface area contributed by atoms with Crippen LogP contribution < -0.4 is 0 Å². The van der Waals surface area contributed by atoms with Gasteiger partial charge >= 0.3 is 0 Å². The van der Waals surface area contributed by atoms with Gasteiger partial charge in [-0.05, 0) is 108 Å². The third kappa shape index (κ3) is 4.70. The Labute approximate surface area is 302 Å². The number of aromatic nitrogens is 3. The molecule has 246 valence electrons. The molecular weight excluding hydrogens is 631 g/mol. The van der Waals surface area contributed by atoms with Gasteiger partial charge in [0.1, 0.15) is 0 Å². The fraction of sp³-hybridized carbons (Fsp3) is 0.0408. The molecule has 0 N–H and O–H groups in total. The van der Waals surface area contributed by atoms with Crippen LogP contribution in [0.25, 0.3) is 88.5 Å². The number of para-hydroxylation sites is 4. The molecule has 0 saturated carbocycles. The fourth-order valence-electron chi connectivity index (χ4n) is 8.22. The Morgan fingerprint density at radius 2 is 0.942 bits per heavy atom. The largest absolute Gasteiger partial charge is 0.309 e. The molecule has 10 aromatic rings. The van der Waals surface area contributed by atoms with E-state index in [0.29, 0.717) is 0 Å². The topological polar surface area (TPSA) is 22.8 Å². The first kappa shape index (κ1) is 30.1. The van der Waals surface area contributed by atoms with Crippen molar-refractivity contribution in [1.82, 2.24) is 14.1 Å². The molecule has 3 heteroatoms. The van der Waals surface area contributed by atoms with E-state index in [1.165, 1.54) is 77.1 Å². The van der Waals surface area contributed by atoms with E-state index in [9.17, 15) is 0 Å². The molecule has 0 spiro atoms. The fourth-order valence-corrected chi connectivity index (χ4v) is 8.22. The van der Waals surface area contributed by atoms with E-state index < -0.39 is 0 Å². The summed E-state index contributed by atoms with van der Waals surface area (Å²) in [5, 5.41) is 5.07. The van der Waals surface area contributed by atoms with E-state index >= 15 is 0 Å². The van der Waals surface area contributed by atoms with E-state index in [1.54, 1.807) is 0 Å². The van der Waals surface area contributed by atoms with Crippen molar-refractivity contribution < 1.29 is 0 Å². The van der Waals surface area contributed by atoms with Crippen molar-refractivity contribution in [2.24, 2.45) is 0 Å². The number of benzene rings is 7. The Hall–Kier alpha value is -6.71. The quantitative estimate of drug-likeness (QED) is 0.179. The zero-order valence-electron chi connectivity index (χ0n) is 29.1. The van der Waals surface area contributed by atoms with E-state index in [0.717, 1.165) is 22.5 Å². The minimum atomic E-state index is 0.956. The van der Waals surface area contributed by atoms with Crippen LogP contribution in [0.5, 0.6) is 0 Å². The molecule has 3 heterocycles. The molecule has 0 bridgehead atoms. The molecule has 52 heavy (non-hydrogen) atoms. The molecule has 0 aliphatic carbocycles. The maximum atomic E-state index is 4.89. The lowest BCUT2D eigenvalue weighted by atomic mass is 9.95. The summed E-state index contributed by atoms with van der Waals surface area (Å²) < 4.78 is 4.79. The summed E-state index contributed by atoms with van der Waals surface area (Å²) in [5.74, 6) is 0. The lowest BCUT2D eigenvalue weighted by Gasteiger charge is -2.16. The highest BCUT2D eigenvalue weighted by atomic mass is 15.0. The Morgan fingerprint density at radius 3 is 1.58 bits per heavy atom.